The first-order chi connectivity index (χ1) is 15.2. The van der Waals surface area contributed by atoms with E-state index in [1.54, 1.807) is 12.3 Å². The lowest BCUT2D eigenvalue weighted by atomic mass is 9.94. The second-order valence-corrected chi connectivity index (χ2v) is 8.10. The number of aryl methyl sites for hydroxylation is 1. The Morgan fingerprint density at radius 1 is 1.19 bits per heavy atom. The first kappa shape index (κ1) is 19.8. The van der Waals surface area contributed by atoms with E-state index in [-0.39, 0.29) is 11.5 Å². The molecule has 6 nitrogen and oxygen atoms in total. The summed E-state index contributed by atoms with van der Waals surface area (Å²) >= 11 is 0. The van der Waals surface area contributed by atoms with E-state index in [2.05, 4.69) is 15.6 Å². The van der Waals surface area contributed by atoms with Gasteiger partial charge in [-0.2, -0.15) is 0 Å². The fourth-order valence-electron chi connectivity index (χ4n) is 4.34. The van der Waals surface area contributed by atoms with Gasteiger partial charge >= 0.3 is 0 Å². The molecule has 0 bridgehead atoms. The maximum absolute atomic E-state index is 12.7. The molecule has 0 spiro atoms. The summed E-state index contributed by atoms with van der Waals surface area (Å²) in [5.74, 6) is 1.44. The maximum Gasteiger partial charge on any atom is 0.197 e. The number of aromatic nitrogens is 2. The predicted octanol–water partition coefficient (Wildman–Crippen LogP) is 3.91. The van der Waals surface area contributed by atoms with Crippen LogP contribution >= 0.6 is 0 Å². The van der Waals surface area contributed by atoms with Gasteiger partial charge in [0.1, 0.15) is 19.0 Å². The average Bonchev–Trinajstić information content (AvgIpc) is 3.33. The molecule has 0 aliphatic carbocycles. The molecule has 2 aliphatic heterocycles. The van der Waals surface area contributed by atoms with Crippen LogP contribution in [0.25, 0.3) is 11.3 Å². The quantitative estimate of drug-likeness (QED) is 0.607. The zero-order valence-electron chi connectivity index (χ0n) is 17.7. The Hall–Kier alpha value is -3.12. The minimum Gasteiger partial charge on any atom is -0.487 e. The molecule has 31 heavy (non-hydrogen) atoms. The number of ether oxygens (including phenoxy) is 3. The van der Waals surface area contributed by atoms with E-state index in [0.717, 1.165) is 60.7 Å². The SMILES string of the molecule is Cc1c2n(c(OC[C@@H]3CCCO3)cc1=O)CCc1cc(OCc3ccccn3)ccc1-2. The van der Waals surface area contributed by atoms with Crippen LogP contribution < -0.4 is 14.9 Å². The summed E-state index contributed by atoms with van der Waals surface area (Å²) in [7, 11) is 0. The van der Waals surface area contributed by atoms with Crippen LogP contribution in [0.4, 0.5) is 0 Å². The van der Waals surface area contributed by atoms with Crippen molar-refractivity contribution in [2.24, 2.45) is 0 Å². The number of hydrogen-bond acceptors (Lipinski definition) is 5. The van der Waals surface area contributed by atoms with E-state index in [4.69, 9.17) is 14.2 Å². The van der Waals surface area contributed by atoms with Crippen molar-refractivity contribution in [3.63, 3.8) is 0 Å². The lowest BCUT2D eigenvalue weighted by molar-refractivity contribution is 0.0646. The van der Waals surface area contributed by atoms with Crippen LogP contribution in [0.3, 0.4) is 0 Å². The second kappa shape index (κ2) is 8.55. The number of nitrogens with zero attached hydrogens (tertiary/aromatic N) is 2. The maximum atomic E-state index is 12.7. The minimum atomic E-state index is -0.00285. The van der Waals surface area contributed by atoms with Crippen molar-refractivity contribution in [3.8, 4) is 22.9 Å². The van der Waals surface area contributed by atoms with E-state index in [9.17, 15) is 4.79 Å². The van der Waals surface area contributed by atoms with Crippen LogP contribution in [0.2, 0.25) is 0 Å². The zero-order valence-corrected chi connectivity index (χ0v) is 17.7. The molecule has 0 saturated carbocycles. The molecule has 160 valence electrons. The molecule has 0 N–H and O–H groups in total. The van der Waals surface area contributed by atoms with Gasteiger partial charge in [0, 0.05) is 36.5 Å². The molecule has 0 unspecified atom stereocenters. The van der Waals surface area contributed by atoms with Gasteiger partial charge < -0.3 is 18.8 Å². The van der Waals surface area contributed by atoms with E-state index < -0.39 is 0 Å². The first-order valence-electron chi connectivity index (χ1n) is 10.8. The van der Waals surface area contributed by atoms with Crippen molar-refractivity contribution in [2.75, 3.05) is 13.2 Å². The smallest absolute Gasteiger partial charge is 0.197 e. The van der Waals surface area contributed by atoms with Crippen molar-refractivity contribution in [1.82, 2.24) is 9.55 Å². The molecule has 4 heterocycles. The van der Waals surface area contributed by atoms with Crippen LogP contribution in [0.15, 0.2) is 53.5 Å². The van der Waals surface area contributed by atoms with Crippen molar-refractivity contribution < 1.29 is 14.2 Å². The monoisotopic (exact) mass is 418 g/mol. The Bertz CT molecular complexity index is 1130. The summed E-state index contributed by atoms with van der Waals surface area (Å²) in [6, 6.07) is 13.5. The van der Waals surface area contributed by atoms with Crippen LogP contribution in [0.1, 0.15) is 29.7 Å². The molecule has 0 amide bonds. The summed E-state index contributed by atoms with van der Waals surface area (Å²) in [4.78, 5) is 17.0. The highest BCUT2D eigenvalue weighted by Crippen LogP contribution is 2.35. The van der Waals surface area contributed by atoms with E-state index in [0.29, 0.717) is 19.1 Å². The predicted molar refractivity (Wildman–Crippen MR) is 118 cm³/mol. The Labute approximate surface area is 181 Å². The standard InChI is InChI=1S/C25H26N2O4/c1-17-23(28)14-24(31-16-21-6-4-12-29-21)27-11-9-18-13-20(7-8-22(18)25(17)27)30-15-19-5-2-3-10-26-19/h2-3,5,7-8,10,13-14,21H,4,6,9,11-12,15-16H2,1H3/t21-/m0/s1. The highest BCUT2D eigenvalue weighted by atomic mass is 16.5. The fraction of sp³-hybridized carbons (Fsp3) is 0.360. The third-order valence-electron chi connectivity index (χ3n) is 6.01. The van der Waals surface area contributed by atoms with Crippen LogP contribution in [-0.2, 0) is 24.3 Å². The van der Waals surface area contributed by atoms with Crippen LogP contribution in [0, 0.1) is 6.92 Å². The topological polar surface area (TPSA) is 62.6 Å². The average molecular weight is 418 g/mol. The Morgan fingerprint density at radius 2 is 2.13 bits per heavy atom. The molecule has 0 radical (unpaired) electrons. The summed E-state index contributed by atoms with van der Waals surface area (Å²) in [5.41, 5.74) is 4.81. The molecule has 1 aromatic carbocycles. The lowest BCUT2D eigenvalue weighted by Crippen LogP contribution is -2.24. The largest absolute Gasteiger partial charge is 0.487 e. The summed E-state index contributed by atoms with van der Waals surface area (Å²) in [6.07, 6.45) is 4.80. The molecular weight excluding hydrogens is 392 g/mol. The minimum absolute atomic E-state index is 0.00285. The van der Waals surface area contributed by atoms with Crippen molar-refractivity contribution >= 4 is 0 Å². The van der Waals surface area contributed by atoms with Gasteiger partial charge in [-0.05, 0) is 62.1 Å². The molecule has 6 heteroatoms. The number of hydrogen-bond donors (Lipinski definition) is 0. The highest BCUT2D eigenvalue weighted by molar-refractivity contribution is 5.70. The van der Waals surface area contributed by atoms with Gasteiger partial charge in [-0.3, -0.25) is 9.78 Å². The molecule has 2 aliphatic rings. The van der Waals surface area contributed by atoms with Gasteiger partial charge in [-0.1, -0.05) is 6.07 Å². The van der Waals surface area contributed by atoms with Crippen molar-refractivity contribution in [2.45, 2.75) is 45.4 Å². The summed E-state index contributed by atoms with van der Waals surface area (Å²) < 4.78 is 19.8. The third-order valence-corrected chi connectivity index (χ3v) is 6.01. The number of pyridine rings is 2. The van der Waals surface area contributed by atoms with Gasteiger partial charge in [0.25, 0.3) is 0 Å². The normalized spacial score (nSPS) is 17.1. The summed E-state index contributed by atoms with van der Waals surface area (Å²) in [6.45, 7) is 4.34. The second-order valence-electron chi connectivity index (χ2n) is 8.10. The lowest BCUT2D eigenvalue weighted by Gasteiger charge is -2.27. The fourth-order valence-corrected chi connectivity index (χ4v) is 4.34. The van der Waals surface area contributed by atoms with E-state index in [1.807, 2.05) is 37.3 Å². The molecule has 2 aromatic heterocycles. The van der Waals surface area contributed by atoms with Gasteiger partial charge in [0.2, 0.25) is 0 Å². The van der Waals surface area contributed by atoms with Gasteiger partial charge in [-0.25, -0.2) is 0 Å². The van der Waals surface area contributed by atoms with Crippen molar-refractivity contribution in [1.29, 1.82) is 0 Å². The first-order valence-corrected chi connectivity index (χ1v) is 10.8. The van der Waals surface area contributed by atoms with Gasteiger partial charge in [0.15, 0.2) is 11.3 Å². The van der Waals surface area contributed by atoms with Crippen LogP contribution in [0.5, 0.6) is 11.6 Å². The number of rotatable bonds is 6. The number of fused-ring (bicyclic) bond motifs is 3. The van der Waals surface area contributed by atoms with E-state index in [1.165, 1.54) is 5.56 Å². The molecular formula is C25H26N2O4. The van der Waals surface area contributed by atoms with Gasteiger partial charge in [-0.15, -0.1) is 0 Å². The third kappa shape index (κ3) is 4.08. The molecule has 1 atom stereocenters. The summed E-state index contributed by atoms with van der Waals surface area (Å²) in [5, 5.41) is 0. The Morgan fingerprint density at radius 3 is 2.94 bits per heavy atom. The molecule has 3 aromatic rings. The highest BCUT2D eigenvalue weighted by Gasteiger charge is 2.24. The van der Waals surface area contributed by atoms with Crippen LogP contribution in [-0.4, -0.2) is 28.9 Å². The Kier molecular flexibility index (Phi) is 5.47. The molecule has 5 rings (SSSR count). The number of benzene rings is 1. The Balaban J connectivity index is 1.41. The molecule has 1 fully saturated rings. The van der Waals surface area contributed by atoms with E-state index >= 15 is 0 Å². The van der Waals surface area contributed by atoms with Gasteiger partial charge in [0.05, 0.1) is 17.5 Å². The zero-order chi connectivity index (χ0) is 21.2. The van der Waals surface area contributed by atoms with Crippen molar-refractivity contribution in [3.05, 3.63) is 75.7 Å². The molecule has 1 saturated heterocycles.